The summed E-state index contributed by atoms with van der Waals surface area (Å²) >= 11 is 0. The average Bonchev–Trinajstić information content (AvgIpc) is 2.09. The Bertz CT molecular complexity index is 221. The lowest BCUT2D eigenvalue weighted by molar-refractivity contribution is 0.0764. The molecule has 0 atom stereocenters. The molecular formula is C9H21N5O. The summed E-state index contributed by atoms with van der Waals surface area (Å²) in [5.41, 5.74) is 15.7. The molecule has 0 aliphatic rings. The van der Waals surface area contributed by atoms with Gasteiger partial charge in [-0.2, -0.15) is 4.99 Å². The number of hydrogen-bond donors (Lipinski definition) is 3. The van der Waals surface area contributed by atoms with Crippen molar-refractivity contribution in [3.63, 3.8) is 0 Å². The fourth-order valence-electron chi connectivity index (χ4n) is 0.894. The molecule has 0 aromatic rings. The van der Waals surface area contributed by atoms with E-state index in [0.29, 0.717) is 6.54 Å². The van der Waals surface area contributed by atoms with Gasteiger partial charge < -0.3 is 21.9 Å². The number of guanidine groups is 2. The first-order valence-electron chi connectivity index (χ1n) is 5.03. The van der Waals surface area contributed by atoms with Crippen LogP contribution < -0.4 is 17.2 Å². The Morgan fingerprint density at radius 1 is 1.20 bits per heavy atom. The van der Waals surface area contributed by atoms with E-state index in [-0.39, 0.29) is 18.0 Å². The molecule has 0 aliphatic carbocycles. The third-order valence-corrected chi connectivity index (χ3v) is 1.52. The van der Waals surface area contributed by atoms with Crippen LogP contribution in [0, 0.1) is 0 Å². The minimum absolute atomic E-state index is 0.0700. The standard InChI is InChI=1S/C9H21N5O/c1-7(2)15-6-4-3-5-13-9(12)14-8(10)11/h7H,3-6H2,1-2H3,(H6,10,11,12,13,14). The third-order valence-electron chi connectivity index (χ3n) is 1.52. The molecule has 0 amide bonds. The minimum atomic E-state index is -0.0700. The van der Waals surface area contributed by atoms with E-state index >= 15 is 0 Å². The van der Waals surface area contributed by atoms with Crippen LogP contribution in [0.2, 0.25) is 0 Å². The van der Waals surface area contributed by atoms with Crippen molar-refractivity contribution < 1.29 is 4.74 Å². The normalized spacial score (nSPS) is 11.8. The fraction of sp³-hybridized carbons (Fsp3) is 0.778. The van der Waals surface area contributed by atoms with Crippen molar-refractivity contribution in [3.8, 4) is 0 Å². The van der Waals surface area contributed by atoms with E-state index in [1.54, 1.807) is 0 Å². The summed E-state index contributed by atoms with van der Waals surface area (Å²) in [6.45, 7) is 5.38. The van der Waals surface area contributed by atoms with Gasteiger partial charge in [0.2, 0.25) is 5.96 Å². The van der Waals surface area contributed by atoms with Crippen molar-refractivity contribution in [2.45, 2.75) is 32.8 Å². The number of nitrogens with zero attached hydrogens (tertiary/aromatic N) is 2. The van der Waals surface area contributed by atoms with Gasteiger partial charge in [-0.15, -0.1) is 0 Å². The lowest BCUT2D eigenvalue weighted by atomic mass is 10.3. The predicted molar refractivity (Wildman–Crippen MR) is 62.6 cm³/mol. The van der Waals surface area contributed by atoms with Gasteiger partial charge in [0, 0.05) is 13.2 Å². The first-order chi connectivity index (χ1) is 7.02. The molecule has 0 spiro atoms. The summed E-state index contributed by atoms with van der Waals surface area (Å²) < 4.78 is 5.37. The predicted octanol–water partition coefficient (Wildman–Crippen LogP) is -0.220. The lowest BCUT2D eigenvalue weighted by Crippen LogP contribution is -2.26. The number of hydrogen-bond acceptors (Lipinski definition) is 2. The first kappa shape index (κ1) is 13.7. The SMILES string of the molecule is CC(C)OCCCCN=C(N)N=C(N)N. The van der Waals surface area contributed by atoms with E-state index < -0.39 is 0 Å². The molecule has 0 bridgehead atoms. The average molecular weight is 215 g/mol. The van der Waals surface area contributed by atoms with Crippen LogP contribution in [0.4, 0.5) is 0 Å². The molecule has 0 radical (unpaired) electrons. The Morgan fingerprint density at radius 3 is 2.40 bits per heavy atom. The molecule has 0 unspecified atom stereocenters. The number of ether oxygens (including phenoxy) is 1. The summed E-state index contributed by atoms with van der Waals surface area (Å²) in [5.74, 6) is 0.0548. The zero-order valence-electron chi connectivity index (χ0n) is 9.44. The summed E-state index contributed by atoms with van der Waals surface area (Å²) in [5, 5.41) is 0. The summed E-state index contributed by atoms with van der Waals surface area (Å²) in [4.78, 5) is 7.56. The van der Waals surface area contributed by atoms with Crippen molar-refractivity contribution in [2.24, 2.45) is 27.2 Å². The van der Waals surface area contributed by atoms with Crippen LogP contribution in [0.15, 0.2) is 9.98 Å². The highest BCUT2D eigenvalue weighted by atomic mass is 16.5. The second-order valence-corrected chi connectivity index (χ2v) is 3.40. The monoisotopic (exact) mass is 215 g/mol. The van der Waals surface area contributed by atoms with Crippen LogP contribution in [0.25, 0.3) is 0 Å². The molecule has 0 aromatic heterocycles. The maximum Gasteiger partial charge on any atom is 0.218 e. The molecule has 6 heteroatoms. The van der Waals surface area contributed by atoms with Crippen LogP contribution in [0.3, 0.4) is 0 Å². The highest BCUT2D eigenvalue weighted by Gasteiger charge is 1.93. The smallest absolute Gasteiger partial charge is 0.218 e. The Labute approximate surface area is 90.6 Å². The molecule has 6 nitrogen and oxygen atoms in total. The van der Waals surface area contributed by atoms with Gasteiger partial charge in [-0.1, -0.05) is 0 Å². The van der Waals surface area contributed by atoms with Gasteiger partial charge >= 0.3 is 0 Å². The molecule has 0 aromatic carbocycles. The minimum Gasteiger partial charge on any atom is -0.379 e. The maximum absolute atomic E-state index is 5.41. The Morgan fingerprint density at radius 2 is 1.87 bits per heavy atom. The quantitative estimate of drug-likeness (QED) is 0.323. The molecule has 0 aliphatic heterocycles. The molecule has 15 heavy (non-hydrogen) atoms. The van der Waals surface area contributed by atoms with E-state index in [1.807, 2.05) is 13.8 Å². The van der Waals surface area contributed by atoms with E-state index in [4.69, 9.17) is 21.9 Å². The Hall–Kier alpha value is -1.30. The van der Waals surface area contributed by atoms with Crippen LogP contribution in [0.5, 0.6) is 0 Å². The van der Waals surface area contributed by atoms with Gasteiger partial charge in [0.1, 0.15) is 0 Å². The molecule has 88 valence electrons. The van der Waals surface area contributed by atoms with Crippen molar-refractivity contribution in [1.82, 2.24) is 0 Å². The highest BCUT2D eigenvalue weighted by molar-refractivity contribution is 5.92. The van der Waals surface area contributed by atoms with Crippen molar-refractivity contribution in [2.75, 3.05) is 13.2 Å². The first-order valence-corrected chi connectivity index (χ1v) is 5.03. The zero-order chi connectivity index (χ0) is 11.7. The second-order valence-electron chi connectivity index (χ2n) is 3.40. The summed E-state index contributed by atoms with van der Waals surface area (Å²) in [6, 6.07) is 0. The number of nitrogens with two attached hydrogens (primary N) is 3. The molecule has 0 rings (SSSR count). The summed E-state index contributed by atoms with van der Waals surface area (Å²) in [7, 11) is 0. The van der Waals surface area contributed by atoms with Crippen LogP contribution in [0.1, 0.15) is 26.7 Å². The van der Waals surface area contributed by atoms with E-state index in [2.05, 4.69) is 9.98 Å². The molecule has 0 heterocycles. The molecule has 0 saturated heterocycles. The topological polar surface area (TPSA) is 112 Å². The maximum atomic E-state index is 5.41. The van der Waals surface area contributed by atoms with Crippen molar-refractivity contribution in [1.29, 1.82) is 0 Å². The highest BCUT2D eigenvalue weighted by Crippen LogP contribution is 1.94. The Kier molecular flexibility index (Phi) is 7.35. The fourth-order valence-corrected chi connectivity index (χ4v) is 0.894. The van der Waals surface area contributed by atoms with Crippen molar-refractivity contribution >= 4 is 11.9 Å². The van der Waals surface area contributed by atoms with Gasteiger partial charge in [-0.3, -0.25) is 4.99 Å². The largest absolute Gasteiger partial charge is 0.379 e. The van der Waals surface area contributed by atoms with Gasteiger partial charge in [0.05, 0.1) is 6.10 Å². The van der Waals surface area contributed by atoms with Gasteiger partial charge in [0.25, 0.3) is 0 Å². The van der Waals surface area contributed by atoms with Crippen LogP contribution >= 0.6 is 0 Å². The summed E-state index contributed by atoms with van der Waals surface area (Å²) in [6.07, 6.45) is 2.14. The van der Waals surface area contributed by atoms with E-state index in [1.165, 1.54) is 0 Å². The van der Waals surface area contributed by atoms with Gasteiger partial charge in [-0.25, -0.2) is 0 Å². The van der Waals surface area contributed by atoms with Crippen LogP contribution in [-0.4, -0.2) is 31.2 Å². The lowest BCUT2D eigenvalue weighted by Gasteiger charge is -2.05. The van der Waals surface area contributed by atoms with Crippen LogP contribution in [-0.2, 0) is 4.74 Å². The Balaban J connectivity index is 3.49. The van der Waals surface area contributed by atoms with Gasteiger partial charge in [-0.05, 0) is 26.7 Å². The van der Waals surface area contributed by atoms with E-state index in [9.17, 15) is 0 Å². The third kappa shape index (κ3) is 10.6. The van der Waals surface area contributed by atoms with E-state index in [0.717, 1.165) is 19.4 Å². The molecule has 0 saturated carbocycles. The molecule has 6 N–H and O–H groups in total. The number of unbranched alkanes of at least 4 members (excludes halogenated alkanes) is 1. The van der Waals surface area contributed by atoms with Crippen molar-refractivity contribution in [3.05, 3.63) is 0 Å². The molecule has 0 fully saturated rings. The zero-order valence-corrected chi connectivity index (χ0v) is 9.44. The number of rotatable bonds is 6. The molecular weight excluding hydrogens is 194 g/mol. The second kappa shape index (κ2) is 8.05. The number of aliphatic imine (C=N–C) groups is 2. The van der Waals surface area contributed by atoms with Gasteiger partial charge in [0.15, 0.2) is 5.96 Å².